The number of ether oxygens (including phenoxy) is 1. The zero-order chi connectivity index (χ0) is 14.9. The van der Waals surface area contributed by atoms with Gasteiger partial charge in [0.05, 0.1) is 12.7 Å². The number of thiophene rings is 1. The van der Waals surface area contributed by atoms with Gasteiger partial charge in [-0.25, -0.2) is 0 Å². The second kappa shape index (κ2) is 6.02. The van der Waals surface area contributed by atoms with Crippen LogP contribution in [0, 0.1) is 16.7 Å². The summed E-state index contributed by atoms with van der Waals surface area (Å²) in [7, 11) is 0. The third-order valence-corrected chi connectivity index (χ3v) is 7.38. The summed E-state index contributed by atoms with van der Waals surface area (Å²) in [4.78, 5) is 1.46. The molecule has 3 atom stereocenters. The lowest BCUT2D eigenvalue weighted by Gasteiger charge is -2.38. The SMILES string of the molecule is CC1(C)C2CCC1(C)C(OCCNCCc1cccs1)C2. The highest BCUT2D eigenvalue weighted by atomic mass is 32.1. The van der Waals surface area contributed by atoms with E-state index >= 15 is 0 Å². The van der Waals surface area contributed by atoms with Crippen LogP contribution in [0.1, 0.15) is 44.9 Å². The topological polar surface area (TPSA) is 21.3 Å². The Morgan fingerprint density at radius 2 is 2.19 bits per heavy atom. The van der Waals surface area contributed by atoms with Gasteiger partial charge in [-0.15, -0.1) is 11.3 Å². The first kappa shape index (κ1) is 15.5. The Morgan fingerprint density at radius 3 is 2.81 bits per heavy atom. The van der Waals surface area contributed by atoms with E-state index in [1.807, 2.05) is 11.3 Å². The summed E-state index contributed by atoms with van der Waals surface area (Å²) >= 11 is 1.84. The first-order valence-corrected chi connectivity index (χ1v) is 9.27. The fraction of sp³-hybridized carbons (Fsp3) is 0.778. The number of nitrogens with one attached hydrogen (secondary N) is 1. The summed E-state index contributed by atoms with van der Waals surface area (Å²) in [5, 5.41) is 5.66. The second-order valence-electron chi connectivity index (χ2n) is 7.55. The fourth-order valence-corrected chi connectivity index (χ4v) is 5.16. The van der Waals surface area contributed by atoms with Crippen molar-refractivity contribution >= 4 is 11.3 Å². The van der Waals surface area contributed by atoms with E-state index in [2.05, 4.69) is 43.6 Å². The molecule has 3 heteroatoms. The molecule has 1 N–H and O–H groups in total. The molecule has 118 valence electrons. The van der Waals surface area contributed by atoms with Gasteiger partial charge in [-0.2, -0.15) is 0 Å². The van der Waals surface area contributed by atoms with Crippen molar-refractivity contribution in [1.82, 2.24) is 5.32 Å². The van der Waals surface area contributed by atoms with Crippen LogP contribution in [0.15, 0.2) is 17.5 Å². The Labute approximate surface area is 133 Å². The molecule has 1 heterocycles. The Morgan fingerprint density at radius 1 is 1.33 bits per heavy atom. The van der Waals surface area contributed by atoms with Gasteiger partial charge in [0.2, 0.25) is 0 Å². The molecule has 2 aliphatic carbocycles. The minimum absolute atomic E-state index is 0.397. The molecule has 2 bridgehead atoms. The fourth-order valence-electron chi connectivity index (χ4n) is 4.45. The average Bonchev–Trinajstić information content (AvgIpc) is 3.08. The van der Waals surface area contributed by atoms with Gasteiger partial charge in [-0.1, -0.05) is 26.8 Å². The van der Waals surface area contributed by atoms with Crippen molar-refractivity contribution in [1.29, 1.82) is 0 Å². The third-order valence-electron chi connectivity index (χ3n) is 6.44. The molecular weight excluding hydrogens is 278 g/mol. The molecule has 2 saturated carbocycles. The van der Waals surface area contributed by atoms with E-state index in [4.69, 9.17) is 4.74 Å². The summed E-state index contributed by atoms with van der Waals surface area (Å²) in [6.45, 7) is 10.2. The minimum atomic E-state index is 0.397. The molecule has 21 heavy (non-hydrogen) atoms. The number of rotatable bonds is 7. The van der Waals surface area contributed by atoms with Crippen molar-refractivity contribution in [2.45, 2.75) is 52.6 Å². The molecule has 0 spiro atoms. The quantitative estimate of drug-likeness (QED) is 0.765. The Kier molecular flexibility index (Phi) is 4.45. The van der Waals surface area contributed by atoms with Gasteiger partial charge in [0.15, 0.2) is 0 Å². The van der Waals surface area contributed by atoms with Crippen molar-refractivity contribution < 1.29 is 4.74 Å². The minimum Gasteiger partial charge on any atom is -0.376 e. The van der Waals surface area contributed by atoms with Crippen LogP contribution < -0.4 is 5.32 Å². The highest BCUT2D eigenvalue weighted by Gasteiger charge is 2.61. The van der Waals surface area contributed by atoms with Crippen molar-refractivity contribution in [3.8, 4) is 0 Å². The molecule has 2 nitrogen and oxygen atoms in total. The average molecular weight is 308 g/mol. The lowest BCUT2D eigenvalue weighted by molar-refractivity contribution is -0.0449. The van der Waals surface area contributed by atoms with E-state index in [-0.39, 0.29) is 0 Å². The van der Waals surface area contributed by atoms with Gasteiger partial charge in [0.25, 0.3) is 0 Å². The molecular formula is C18H29NOS. The molecule has 0 aromatic carbocycles. The van der Waals surface area contributed by atoms with Crippen molar-refractivity contribution in [2.75, 3.05) is 19.7 Å². The van der Waals surface area contributed by atoms with Crippen LogP contribution in [0.4, 0.5) is 0 Å². The maximum absolute atomic E-state index is 6.25. The highest BCUT2D eigenvalue weighted by molar-refractivity contribution is 7.09. The maximum atomic E-state index is 6.25. The molecule has 0 saturated heterocycles. The summed E-state index contributed by atoms with van der Waals surface area (Å²) in [5.41, 5.74) is 0.860. The molecule has 0 radical (unpaired) electrons. The van der Waals surface area contributed by atoms with Crippen LogP contribution in [0.5, 0.6) is 0 Å². The van der Waals surface area contributed by atoms with Crippen LogP contribution in [0.25, 0.3) is 0 Å². The van der Waals surface area contributed by atoms with Gasteiger partial charge in [-0.05, 0) is 53.9 Å². The summed E-state index contributed by atoms with van der Waals surface area (Å²) in [6.07, 6.45) is 5.64. The standard InChI is InChI=1S/C18H29NOS/c1-17(2)14-6-8-18(17,3)16(13-14)20-11-10-19-9-7-15-5-4-12-21-15/h4-5,12,14,16,19H,6-11,13H2,1-3H3. The lowest BCUT2D eigenvalue weighted by atomic mass is 9.70. The van der Waals surface area contributed by atoms with Crippen LogP contribution >= 0.6 is 11.3 Å². The van der Waals surface area contributed by atoms with Crippen LogP contribution in [0.2, 0.25) is 0 Å². The Bertz CT molecular complexity index is 456. The first-order valence-electron chi connectivity index (χ1n) is 8.39. The summed E-state index contributed by atoms with van der Waals surface area (Å²) in [5.74, 6) is 0.874. The summed E-state index contributed by atoms with van der Waals surface area (Å²) < 4.78 is 6.25. The summed E-state index contributed by atoms with van der Waals surface area (Å²) in [6, 6.07) is 4.34. The molecule has 0 amide bonds. The zero-order valence-corrected chi connectivity index (χ0v) is 14.5. The molecule has 3 rings (SSSR count). The maximum Gasteiger partial charge on any atom is 0.0637 e. The second-order valence-corrected chi connectivity index (χ2v) is 8.58. The predicted octanol–water partition coefficient (Wildman–Crippen LogP) is 4.11. The lowest BCUT2D eigenvalue weighted by Crippen LogP contribution is -2.38. The third kappa shape index (κ3) is 2.80. The Hall–Kier alpha value is -0.380. The van der Waals surface area contributed by atoms with E-state index in [1.54, 1.807) is 0 Å². The van der Waals surface area contributed by atoms with Gasteiger partial charge >= 0.3 is 0 Å². The molecule has 1 aromatic heterocycles. The normalized spacial score (nSPS) is 33.7. The van der Waals surface area contributed by atoms with E-state index in [9.17, 15) is 0 Å². The van der Waals surface area contributed by atoms with E-state index in [0.717, 1.165) is 32.0 Å². The van der Waals surface area contributed by atoms with E-state index < -0.39 is 0 Å². The van der Waals surface area contributed by atoms with Crippen LogP contribution in [-0.2, 0) is 11.2 Å². The first-order chi connectivity index (χ1) is 10.0. The van der Waals surface area contributed by atoms with Gasteiger partial charge in [-0.3, -0.25) is 0 Å². The Balaban J connectivity index is 1.35. The molecule has 1 aromatic rings. The van der Waals surface area contributed by atoms with Crippen molar-refractivity contribution in [2.24, 2.45) is 16.7 Å². The molecule has 3 unspecified atom stereocenters. The van der Waals surface area contributed by atoms with Crippen LogP contribution in [-0.4, -0.2) is 25.8 Å². The molecule has 0 aliphatic heterocycles. The van der Waals surface area contributed by atoms with Crippen molar-refractivity contribution in [3.05, 3.63) is 22.4 Å². The van der Waals surface area contributed by atoms with Gasteiger partial charge in [0.1, 0.15) is 0 Å². The number of hydrogen-bond acceptors (Lipinski definition) is 3. The van der Waals surface area contributed by atoms with Crippen LogP contribution in [0.3, 0.4) is 0 Å². The molecule has 2 fully saturated rings. The molecule has 2 aliphatic rings. The highest BCUT2D eigenvalue weighted by Crippen LogP contribution is 2.66. The number of fused-ring (bicyclic) bond motifs is 2. The predicted molar refractivity (Wildman–Crippen MR) is 89.9 cm³/mol. The van der Waals surface area contributed by atoms with E-state index in [1.165, 1.54) is 24.1 Å². The largest absolute Gasteiger partial charge is 0.376 e. The van der Waals surface area contributed by atoms with Gasteiger partial charge < -0.3 is 10.1 Å². The van der Waals surface area contributed by atoms with E-state index in [0.29, 0.717) is 16.9 Å². The van der Waals surface area contributed by atoms with Crippen molar-refractivity contribution in [3.63, 3.8) is 0 Å². The smallest absolute Gasteiger partial charge is 0.0637 e. The monoisotopic (exact) mass is 307 g/mol. The number of hydrogen-bond donors (Lipinski definition) is 1. The van der Waals surface area contributed by atoms with Gasteiger partial charge in [0, 0.05) is 18.0 Å². The zero-order valence-electron chi connectivity index (χ0n) is 13.7.